The molecule has 0 bridgehead atoms. The highest BCUT2D eigenvalue weighted by Crippen LogP contribution is 2.12. The van der Waals surface area contributed by atoms with Gasteiger partial charge in [0.1, 0.15) is 11.6 Å². The number of aliphatic hydroxyl groups excluding tert-OH is 1. The molecule has 6 heteroatoms. The number of urea groups is 1. The Hall–Kier alpha value is -1.69. The number of hydrogen-bond donors (Lipinski definition) is 3. The van der Waals surface area contributed by atoms with E-state index in [4.69, 9.17) is 0 Å². The summed E-state index contributed by atoms with van der Waals surface area (Å²) >= 11 is 0. The van der Waals surface area contributed by atoms with E-state index in [1.54, 1.807) is 0 Å². The van der Waals surface area contributed by atoms with Crippen LogP contribution in [0.2, 0.25) is 0 Å². The number of benzene rings is 1. The summed E-state index contributed by atoms with van der Waals surface area (Å²) in [6.07, 6.45) is 0.580. The molecule has 100 valence electrons. The predicted octanol–water partition coefficient (Wildman–Crippen LogP) is 2.25. The van der Waals surface area contributed by atoms with E-state index < -0.39 is 23.8 Å². The maximum atomic E-state index is 12.8. The molecule has 0 saturated heterocycles. The molecule has 1 aromatic carbocycles. The number of carbonyl (C=O) groups is 1. The van der Waals surface area contributed by atoms with Crippen molar-refractivity contribution in [3.05, 3.63) is 29.8 Å². The van der Waals surface area contributed by atoms with Gasteiger partial charge in [-0.15, -0.1) is 0 Å². The lowest BCUT2D eigenvalue weighted by molar-refractivity contribution is 0.160. The van der Waals surface area contributed by atoms with Gasteiger partial charge < -0.3 is 15.7 Å². The molecule has 0 aliphatic heterocycles. The Morgan fingerprint density at radius 1 is 1.33 bits per heavy atom. The van der Waals surface area contributed by atoms with Gasteiger partial charge in [-0.05, 0) is 25.0 Å². The van der Waals surface area contributed by atoms with Gasteiger partial charge in [0.25, 0.3) is 0 Å². The predicted molar refractivity (Wildman–Crippen MR) is 64.3 cm³/mol. The third-order valence-electron chi connectivity index (χ3n) is 2.35. The SMILES string of the molecule is CCC(O)CCNC(=O)Nc1cc(F)cc(F)c1. The van der Waals surface area contributed by atoms with Crippen LogP contribution in [-0.2, 0) is 0 Å². The van der Waals surface area contributed by atoms with Gasteiger partial charge in [0.05, 0.1) is 6.10 Å². The Labute approximate surface area is 104 Å². The molecule has 0 spiro atoms. The quantitative estimate of drug-likeness (QED) is 0.758. The molecular formula is C12H16F2N2O2. The Kier molecular flexibility index (Phi) is 5.51. The van der Waals surface area contributed by atoms with Gasteiger partial charge in [-0.1, -0.05) is 6.92 Å². The van der Waals surface area contributed by atoms with E-state index >= 15 is 0 Å². The van der Waals surface area contributed by atoms with Crippen molar-refractivity contribution in [3.63, 3.8) is 0 Å². The highest BCUT2D eigenvalue weighted by atomic mass is 19.1. The minimum absolute atomic E-state index is 0.0426. The fourth-order valence-electron chi connectivity index (χ4n) is 1.36. The van der Waals surface area contributed by atoms with E-state index in [-0.39, 0.29) is 5.69 Å². The van der Waals surface area contributed by atoms with Crippen molar-refractivity contribution in [2.45, 2.75) is 25.9 Å². The second-order valence-electron chi connectivity index (χ2n) is 3.89. The number of rotatable bonds is 5. The molecule has 1 atom stereocenters. The standard InChI is InChI=1S/C12H16F2N2O2/c1-2-11(17)3-4-15-12(18)16-10-6-8(13)5-9(14)7-10/h5-7,11,17H,2-4H2,1H3,(H2,15,16,18). The van der Waals surface area contributed by atoms with Crippen molar-refractivity contribution in [1.82, 2.24) is 5.32 Å². The van der Waals surface area contributed by atoms with Crippen LogP contribution in [0.4, 0.5) is 19.3 Å². The minimum atomic E-state index is -0.758. The molecule has 2 amide bonds. The fraction of sp³-hybridized carbons (Fsp3) is 0.417. The molecular weight excluding hydrogens is 242 g/mol. The molecule has 0 heterocycles. The smallest absolute Gasteiger partial charge is 0.319 e. The van der Waals surface area contributed by atoms with Gasteiger partial charge in [-0.25, -0.2) is 13.6 Å². The maximum Gasteiger partial charge on any atom is 0.319 e. The largest absolute Gasteiger partial charge is 0.393 e. The van der Waals surface area contributed by atoms with Crippen molar-refractivity contribution in [3.8, 4) is 0 Å². The van der Waals surface area contributed by atoms with Crippen molar-refractivity contribution in [2.75, 3.05) is 11.9 Å². The monoisotopic (exact) mass is 258 g/mol. The number of halogens is 2. The van der Waals surface area contributed by atoms with Crippen LogP contribution in [0, 0.1) is 11.6 Å². The Morgan fingerprint density at radius 3 is 2.50 bits per heavy atom. The molecule has 3 N–H and O–H groups in total. The van der Waals surface area contributed by atoms with Gasteiger partial charge in [0.15, 0.2) is 0 Å². The van der Waals surface area contributed by atoms with Crippen LogP contribution < -0.4 is 10.6 Å². The van der Waals surface area contributed by atoms with Crippen LogP contribution >= 0.6 is 0 Å². The molecule has 0 fully saturated rings. The van der Waals surface area contributed by atoms with Gasteiger partial charge in [-0.2, -0.15) is 0 Å². The van der Waals surface area contributed by atoms with Crippen LogP contribution in [0.5, 0.6) is 0 Å². The highest BCUT2D eigenvalue weighted by molar-refractivity contribution is 5.89. The van der Waals surface area contributed by atoms with Gasteiger partial charge >= 0.3 is 6.03 Å². The molecule has 0 aliphatic carbocycles. The zero-order valence-electron chi connectivity index (χ0n) is 10.0. The number of anilines is 1. The average molecular weight is 258 g/mol. The summed E-state index contributed by atoms with van der Waals surface area (Å²) in [4.78, 5) is 11.4. The zero-order valence-corrected chi connectivity index (χ0v) is 10.0. The summed E-state index contributed by atoms with van der Waals surface area (Å²) in [7, 11) is 0. The van der Waals surface area contributed by atoms with Crippen LogP contribution in [0.15, 0.2) is 18.2 Å². The second-order valence-corrected chi connectivity index (χ2v) is 3.89. The first kappa shape index (κ1) is 14.4. The molecule has 0 saturated carbocycles. The Balaban J connectivity index is 2.40. The summed E-state index contributed by atoms with van der Waals surface area (Å²) in [6, 6.07) is 2.19. The lowest BCUT2D eigenvalue weighted by atomic mass is 10.2. The van der Waals surface area contributed by atoms with Crippen molar-refractivity contribution in [2.24, 2.45) is 0 Å². The number of amides is 2. The molecule has 18 heavy (non-hydrogen) atoms. The van der Waals surface area contributed by atoms with E-state index in [0.717, 1.165) is 18.2 Å². The normalized spacial score (nSPS) is 12.0. The summed E-state index contributed by atoms with van der Waals surface area (Å²) in [5.41, 5.74) is 0.0426. The highest BCUT2D eigenvalue weighted by Gasteiger charge is 2.06. The van der Waals surface area contributed by atoms with Crippen molar-refractivity contribution < 1.29 is 18.7 Å². The lowest BCUT2D eigenvalue weighted by Gasteiger charge is -2.10. The first-order valence-electron chi connectivity index (χ1n) is 5.70. The Bertz CT molecular complexity index is 393. The molecule has 4 nitrogen and oxygen atoms in total. The molecule has 1 unspecified atom stereocenters. The first-order chi connectivity index (χ1) is 8.51. The summed E-state index contributed by atoms with van der Waals surface area (Å²) < 4.78 is 25.7. The van der Waals surface area contributed by atoms with Crippen molar-refractivity contribution >= 4 is 11.7 Å². The Morgan fingerprint density at radius 2 is 1.94 bits per heavy atom. The summed E-state index contributed by atoms with van der Waals surface area (Å²) in [5.74, 6) is -1.52. The summed E-state index contributed by atoms with van der Waals surface area (Å²) in [6.45, 7) is 2.12. The number of hydrogen-bond acceptors (Lipinski definition) is 2. The van der Waals surface area contributed by atoms with E-state index in [9.17, 15) is 18.7 Å². The number of nitrogens with one attached hydrogen (secondary N) is 2. The topological polar surface area (TPSA) is 61.4 Å². The van der Waals surface area contributed by atoms with Crippen LogP contribution in [0.1, 0.15) is 19.8 Å². The van der Waals surface area contributed by atoms with Crippen LogP contribution in [0.3, 0.4) is 0 Å². The minimum Gasteiger partial charge on any atom is -0.393 e. The van der Waals surface area contributed by atoms with E-state index in [2.05, 4.69) is 10.6 Å². The van der Waals surface area contributed by atoms with Gasteiger partial charge in [-0.3, -0.25) is 0 Å². The fourth-order valence-corrected chi connectivity index (χ4v) is 1.36. The second kappa shape index (κ2) is 6.90. The molecule has 1 rings (SSSR count). The average Bonchev–Trinajstić information content (AvgIpc) is 2.27. The molecule has 0 aliphatic rings. The van der Waals surface area contributed by atoms with Gasteiger partial charge in [0.2, 0.25) is 0 Å². The molecule has 0 aromatic heterocycles. The first-order valence-corrected chi connectivity index (χ1v) is 5.70. The number of carbonyl (C=O) groups excluding carboxylic acids is 1. The van der Waals surface area contributed by atoms with Crippen LogP contribution in [-0.4, -0.2) is 23.8 Å². The molecule has 1 aromatic rings. The maximum absolute atomic E-state index is 12.8. The van der Waals surface area contributed by atoms with E-state index in [0.29, 0.717) is 19.4 Å². The molecule has 0 radical (unpaired) electrons. The van der Waals surface area contributed by atoms with Crippen molar-refractivity contribution in [1.29, 1.82) is 0 Å². The third kappa shape index (κ3) is 5.09. The van der Waals surface area contributed by atoms with Gasteiger partial charge in [0, 0.05) is 18.3 Å². The van der Waals surface area contributed by atoms with Crippen LogP contribution in [0.25, 0.3) is 0 Å². The summed E-state index contributed by atoms with van der Waals surface area (Å²) in [5, 5.41) is 14.0. The van der Waals surface area contributed by atoms with E-state index in [1.807, 2.05) is 6.92 Å². The lowest BCUT2D eigenvalue weighted by Crippen LogP contribution is -2.31. The number of aliphatic hydroxyl groups is 1. The third-order valence-corrected chi connectivity index (χ3v) is 2.35. The zero-order chi connectivity index (χ0) is 13.5. The van der Waals surface area contributed by atoms with E-state index in [1.165, 1.54) is 0 Å².